The molecule has 0 saturated heterocycles. The van der Waals surface area contributed by atoms with Crippen molar-refractivity contribution < 1.29 is 29.6 Å². The largest absolute Gasteiger partial charge is 1.00 e. The Kier molecular flexibility index (Phi) is 5.78. The number of nitrogens with zero attached hydrogens (tertiary/aromatic N) is 2. The van der Waals surface area contributed by atoms with Crippen molar-refractivity contribution in [2.24, 2.45) is 7.05 Å². The molecule has 0 bridgehead atoms. The number of rotatable bonds is 0. The SMILES string of the molecule is Cc1cn(C)c2cnccc12.[Na+].[c-]1ccc2ccccc2c1. The summed E-state index contributed by atoms with van der Waals surface area (Å²) in [5, 5.41) is 3.83. The zero-order valence-electron chi connectivity index (χ0n) is 13.2. The molecule has 2 heterocycles. The Morgan fingerprint density at radius 1 is 1.05 bits per heavy atom. The van der Waals surface area contributed by atoms with Crippen LogP contribution in [0, 0.1) is 13.0 Å². The quantitative estimate of drug-likeness (QED) is 0.355. The topological polar surface area (TPSA) is 17.8 Å². The van der Waals surface area contributed by atoms with Crippen LogP contribution in [-0.2, 0) is 7.05 Å². The molecule has 4 rings (SSSR count). The van der Waals surface area contributed by atoms with Crippen LogP contribution in [0.1, 0.15) is 5.56 Å². The molecule has 0 aliphatic carbocycles. The minimum absolute atomic E-state index is 0. The first-order chi connectivity index (χ1) is 10.3. The number of aryl methyl sites for hydroxylation is 2. The molecular formula is C19H17N2Na. The van der Waals surface area contributed by atoms with Gasteiger partial charge in [0.15, 0.2) is 0 Å². The second kappa shape index (κ2) is 7.59. The van der Waals surface area contributed by atoms with E-state index in [1.807, 2.05) is 49.8 Å². The van der Waals surface area contributed by atoms with Gasteiger partial charge in [-0.25, -0.2) is 0 Å². The van der Waals surface area contributed by atoms with Crippen molar-refractivity contribution >= 4 is 21.7 Å². The van der Waals surface area contributed by atoms with Gasteiger partial charge in [-0.2, -0.15) is 24.3 Å². The van der Waals surface area contributed by atoms with Crippen LogP contribution in [0.25, 0.3) is 21.7 Å². The van der Waals surface area contributed by atoms with Gasteiger partial charge in [-0.15, -0.1) is 16.8 Å². The van der Waals surface area contributed by atoms with Crippen LogP contribution in [0.2, 0.25) is 0 Å². The van der Waals surface area contributed by atoms with Gasteiger partial charge in [0.2, 0.25) is 0 Å². The molecule has 0 N–H and O–H groups in total. The molecule has 0 fully saturated rings. The van der Waals surface area contributed by atoms with E-state index in [2.05, 4.69) is 46.9 Å². The molecular weight excluding hydrogens is 279 g/mol. The number of pyridine rings is 1. The number of hydrogen-bond donors (Lipinski definition) is 0. The average Bonchev–Trinajstić information content (AvgIpc) is 2.83. The standard InChI is InChI=1S/C10H7.C9H10N2.Na/c1-2-6-10-8-4-3-7-9(10)5-1;1-7-6-11(2)9-5-10-4-3-8(7)9;/h1-3,5-8H;3-6H,1-2H3;/q-1;;+1. The van der Waals surface area contributed by atoms with Crippen LogP contribution in [0.3, 0.4) is 0 Å². The average molecular weight is 296 g/mol. The Balaban J connectivity index is 0.000000154. The second-order valence-electron chi connectivity index (χ2n) is 5.09. The number of aromatic nitrogens is 2. The monoisotopic (exact) mass is 296 g/mol. The van der Waals surface area contributed by atoms with Gasteiger partial charge < -0.3 is 4.57 Å². The maximum Gasteiger partial charge on any atom is 1.00 e. The zero-order valence-corrected chi connectivity index (χ0v) is 15.2. The molecule has 22 heavy (non-hydrogen) atoms. The van der Waals surface area contributed by atoms with Gasteiger partial charge in [0, 0.05) is 24.8 Å². The fourth-order valence-electron chi connectivity index (χ4n) is 2.50. The van der Waals surface area contributed by atoms with Gasteiger partial charge in [0.05, 0.1) is 11.7 Å². The summed E-state index contributed by atoms with van der Waals surface area (Å²) in [6.07, 6.45) is 5.84. The summed E-state index contributed by atoms with van der Waals surface area (Å²) in [6.45, 7) is 2.11. The first kappa shape index (κ1) is 16.8. The summed E-state index contributed by atoms with van der Waals surface area (Å²) in [7, 11) is 2.04. The summed E-state index contributed by atoms with van der Waals surface area (Å²) in [5.74, 6) is 0. The number of fused-ring (bicyclic) bond motifs is 2. The van der Waals surface area contributed by atoms with Crippen molar-refractivity contribution in [1.29, 1.82) is 0 Å². The van der Waals surface area contributed by atoms with Gasteiger partial charge in [0.25, 0.3) is 0 Å². The first-order valence-electron chi connectivity index (χ1n) is 6.96. The molecule has 0 amide bonds. The Morgan fingerprint density at radius 2 is 1.82 bits per heavy atom. The fourth-order valence-corrected chi connectivity index (χ4v) is 2.50. The van der Waals surface area contributed by atoms with Crippen molar-refractivity contribution in [1.82, 2.24) is 9.55 Å². The summed E-state index contributed by atoms with van der Waals surface area (Å²) < 4.78 is 2.09. The van der Waals surface area contributed by atoms with Crippen molar-refractivity contribution in [3.63, 3.8) is 0 Å². The van der Waals surface area contributed by atoms with Gasteiger partial charge in [-0.3, -0.25) is 4.98 Å². The Labute approximate surface area is 153 Å². The minimum Gasteiger partial charge on any atom is -0.349 e. The molecule has 0 atom stereocenters. The molecule has 0 aliphatic rings. The van der Waals surface area contributed by atoms with E-state index in [0.717, 1.165) is 0 Å². The molecule has 2 nitrogen and oxygen atoms in total. The maximum atomic E-state index is 4.07. The normalized spacial score (nSPS) is 9.91. The van der Waals surface area contributed by atoms with E-state index in [1.54, 1.807) is 0 Å². The predicted octanol–water partition coefficient (Wildman–Crippen LogP) is 1.53. The van der Waals surface area contributed by atoms with E-state index < -0.39 is 0 Å². The molecule has 4 aromatic rings. The molecule has 3 heteroatoms. The molecule has 104 valence electrons. The molecule has 0 spiro atoms. The van der Waals surface area contributed by atoms with Crippen molar-refractivity contribution in [2.45, 2.75) is 6.92 Å². The van der Waals surface area contributed by atoms with E-state index in [9.17, 15) is 0 Å². The van der Waals surface area contributed by atoms with Crippen LogP contribution in [-0.4, -0.2) is 9.55 Å². The van der Waals surface area contributed by atoms with Crippen LogP contribution >= 0.6 is 0 Å². The molecule has 2 aromatic carbocycles. The molecule has 2 aromatic heterocycles. The van der Waals surface area contributed by atoms with Crippen LogP contribution in [0.4, 0.5) is 0 Å². The van der Waals surface area contributed by atoms with Crippen LogP contribution in [0.15, 0.2) is 67.1 Å². The third kappa shape index (κ3) is 3.58. The van der Waals surface area contributed by atoms with Crippen molar-refractivity contribution in [3.05, 3.63) is 78.8 Å². The van der Waals surface area contributed by atoms with Crippen LogP contribution < -0.4 is 29.6 Å². The molecule has 0 saturated carbocycles. The second-order valence-corrected chi connectivity index (χ2v) is 5.09. The molecule has 0 unspecified atom stereocenters. The summed E-state index contributed by atoms with van der Waals surface area (Å²) >= 11 is 0. The molecule has 0 aliphatic heterocycles. The fraction of sp³-hybridized carbons (Fsp3) is 0.105. The van der Waals surface area contributed by atoms with Crippen molar-refractivity contribution in [3.8, 4) is 0 Å². The zero-order chi connectivity index (χ0) is 14.7. The number of hydrogen-bond acceptors (Lipinski definition) is 1. The maximum absolute atomic E-state index is 4.07. The van der Waals surface area contributed by atoms with Gasteiger partial charge in [-0.1, -0.05) is 18.2 Å². The van der Waals surface area contributed by atoms with E-state index in [0.29, 0.717) is 0 Å². The van der Waals surface area contributed by atoms with Gasteiger partial charge in [-0.05, 0) is 18.6 Å². The van der Waals surface area contributed by atoms with Crippen molar-refractivity contribution in [2.75, 3.05) is 0 Å². The first-order valence-corrected chi connectivity index (χ1v) is 6.96. The Morgan fingerprint density at radius 3 is 2.55 bits per heavy atom. The van der Waals surface area contributed by atoms with Gasteiger partial charge >= 0.3 is 29.6 Å². The molecule has 0 radical (unpaired) electrons. The van der Waals surface area contributed by atoms with Gasteiger partial charge in [0.1, 0.15) is 0 Å². The summed E-state index contributed by atoms with van der Waals surface area (Å²) in [6, 6.07) is 19.3. The Bertz CT molecular complexity index is 779. The minimum atomic E-state index is 0. The van der Waals surface area contributed by atoms with E-state index >= 15 is 0 Å². The third-order valence-electron chi connectivity index (χ3n) is 3.59. The smallest absolute Gasteiger partial charge is 0.349 e. The number of benzene rings is 2. The predicted molar refractivity (Wildman–Crippen MR) is 88.2 cm³/mol. The van der Waals surface area contributed by atoms with E-state index in [-0.39, 0.29) is 29.6 Å². The van der Waals surface area contributed by atoms with Crippen LogP contribution in [0.5, 0.6) is 0 Å². The van der Waals surface area contributed by atoms with E-state index in [1.165, 1.54) is 27.2 Å². The summed E-state index contributed by atoms with van der Waals surface area (Å²) in [5.41, 5.74) is 2.51. The Hall–Kier alpha value is -1.61. The van der Waals surface area contributed by atoms with E-state index in [4.69, 9.17) is 0 Å². The third-order valence-corrected chi connectivity index (χ3v) is 3.59. The summed E-state index contributed by atoms with van der Waals surface area (Å²) in [4.78, 5) is 4.07.